The Kier molecular flexibility index (Phi) is 4.29. The molecular weight excluding hydrogens is 316 g/mol. The molecule has 0 aliphatic carbocycles. The van der Waals surface area contributed by atoms with Gasteiger partial charge in [0.05, 0.1) is 10.4 Å². The Morgan fingerprint density at radius 3 is 2.61 bits per heavy atom. The van der Waals surface area contributed by atoms with Crippen molar-refractivity contribution in [3.05, 3.63) is 69.5 Å². The molecule has 2 heterocycles. The highest BCUT2D eigenvalue weighted by Gasteiger charge is 2.20. The first-order chi connectivity index (χ1) is 11.1. The Morgan fingerprint density at radius 2 is 1.96 bits per heavy atom. The number of esters is 1. The van der Waals surface area contributed by atoms with Crippen molar-refractivity contribution in [3.8, 4) is 0 Å². The fourth-order valence-electron chi connectivity index (χ4n) is 2.00. The number of aromatic nitrogens is 2. The van der Waals surface area contributed by atoms with Crippen molar-refractivity contribution in [2.24, 2.45) is 0 Å². The van der Waals surface area contributed by atoms with E-state index in [-0.39, 0.29) is 23.8 Å². The van der Waals surface area contributed by atoms with Crippen molar-refractivity contribution >= 4 is 23.1 Å². The summed E-state index contributed by atoms with van der Waals surface area (Å²) in [7, 11) is 0. The third-order valence-electron chi connectivity index (χ3n) is 3.03. The zero-order valence-corrected chi connectivity index (χ0v) is 13.0. The van der Waals surface area contributed by atoms with E-state index in [9.17, 15) is 9.59 Å². The number of aryl methyl sites for hydroxylation is 1. The molecule has 3 aromatic rings. The quantitative estimate of drug-likeness (QED) is 0.529. The molecule has 0 bridgehead atoms. The number of ether oxygens (including phenoxy) is 1. The number of ketones is 1. The maximum atomic E-state index is 12.5. The van der Waals surface area contributed by atoms with Gasteiger partial charge in [-0.15, -0.1) is 11.3 Å². The molecule has 0 aliphatic heterocycles. The number of carbonyl (C=O) groups is 2. The highest BCUT2D eigenvalue weighted by molar-refractivity contribution is 7.12. The van der Waals surface area contributed by atoms with Gasteiger partial charge < -0.3 is 9.26 Å². The third kappa shape index (κ3) is 3.35. The van der Waals surface area contributed by atoms with Crippen molar-refractivity contribution in [2.75, 3.05) is 0 Å². The second-order valence-corrected chi connectivity index (χ2v) is 5.61. The molecule has 0 aliphatic rings. The molecule has 0 saturated carbocycles. The lowest BCUT2D eigenvalue weighted by atomic mass is 10.0. The summed E-state index contributed by atoms with van der Waals surface area (Å²) in [6, 6.07) is 10.1. The van der Waals surface area contributed by atoms with Crippen molar-refractivity contribution in [2.45, 2.75) is 13.5 Å². The predicted molar refractivity (Wildman–Crippen MR) is 82.3 cm³/mol. The largest absolute Gasteiger partial charge is 0.452 e. The maximum Gasteiger partial charge on any atom is 0.339 e. The van der Waals surface area contributed by atoms with Crippen molar-refractivity contribution < 1.29 is 18.8 Å². The topological polar surface area (TPSA) is 82.3 Å². The van der Waals surface area contributed by atoms with Crippen LogP contribution in [0.5, 0.6) is 0 Å². The summed E-state index contributed by atoms with van der Waals surface area (Å²) in [6.07, 6.45) is 0. The first-order valence-electron chi connectivity index (χ1n) is 6.78. The number of nitrogens with zero attached hydrogens (tertiary/aromatic N) is 2. The van der Waals surface area contributed by atoms with E-state index < -0.39 is 5.97 Å². The van der Waals surface area contributed by atoms with E-state index in [4.69, 9.17) is 9.26 Å². The van der Waals surface area contributed by atoms with Crippen LogP contribution in [-0.4, -0.2) is 21.9 Å². The normalized spacial score (nSPS) is 10.5. The van der Waals surface area contributed by atoms with Crippen LogP contribution in [0.2, 0.25) is 0 Å². The number of thiophene rings is 1. The smallest absolute Gasteiger partial charge is 0.339 e. The van der Waals surface area contributed by atoms with Crippen LogP contribution in [0.3, 0.4) is 0 Å². The van der Waals surface area contributed by atoms with Gasteiger partial charge in [0.1, 0.15) is 0 Å². The molecule has 0 unspecified atom stereocenters. The number of carbonyl (C=O) groups excluding carboxylic acids is 2. The van der Waals surface area contributed by atoms with Crippen LogP contribution < -0.4 is 0 Å². The van der Waals surface area contributed by atoms with E-state index in [1.54, 1.807) is 43.3 Å². The van der Waals surface area contributed by atoms with Crippen LogP contribution in [0, 0.1) is 6.92 Å². The molecule has 23 heavy (non-hydrogen) atoms. The van der Waals surface area contributed by atoms with Crippen LogP contribution in [0.25, 0.3) is 0 Å². The molecule has 116 valence electrons. The molecule has 3 rings (SSSR count). The molecule has 0 amide bonds. The van der Waals surface area contributed by atoms with Gasteiger partial charge in [-0.25, -0.2) is 4.79 Å². The lowest BCUT2D eigenvalue weighted by molar-refractivity contribution is 0.0427. The van der Waals surface area contributed by atoms with Crippen LogP contribution >= 0.6 is 11.3 Å². The number of rotatable bonds is 5. The highest BCUT2D eigenvalue weighted by atomic mass is 32.1. The van der Waals surface area contributed by atoms with E-state index in [0.717, 1.165) is 0 Å². The monoisotopic (exact) mass is 328 g/mol. The Balaban J connectivity index is 1.79. The van der Waals surface area contributed by atoms with Crippen LogP contribution in [-0.2, 0) is 11.3 Å². The first-order valence-corrected chi connectivity index (χ1v) is 7.66. The Hall–Kier alpha value is -2.80. The summed E-state index contributed by atoms with van der Waals surface area (Å²) in [5.74, 6) is -0.148. The zero-order chi connectivity index (χ0) is 16.2. The molecule has 0 fully saturated rings. The van der Waals surface area contributed by atoms with Crippen molar-refractivity contribution in [1.29, 1.82) is 0 Å². The van der Waals surface area contributed by atoms with E-state index in [1.165, 1.54) is 11.3 Å². The fourth-order valence-corrected chi connectivity index (χ4v) is 2.68. The van der Waals surface area contributed by atoms with E-state index in [1.807, 2.05) is 5.38 Å². The molecule has 6 nitrogen and oxygen atoms in total. The van der Waals surface area contributed by atoms with Gasteiger partial charge in [0.15, 0.2) is 12.4 Å². The molecule has 0 atom stereocenters. The van der Waals surface area contributed by atoms with E-state index in [0.29, 0.717) is 16.3 Å². The third-order valence-corrected chi connectivity index (χ3v) is 3.90. The minimum absolute atomic E-state index is 0.138. The van der Waals surface area contributed by atoms with Crippen LogP contribution in [0.1, 0.15) is 37.3 Å². The molecule has 0 spiro atoms. The molecular formula is C16H12N2O4S. The zero-order valence-electron chi connectivity index (χ0n) is 12.2. The van der Waals surface area contributed by atoms with Crippen LogP contribution in [0.4, 0.5) is 0 Å². The standard InChI is InChI=1S/C16H12N2O4S/c1-10-17-14(22-18-10)9-21-16(20)12-6-3-2-5-11(12)15(19)13-7-4-8-23-13/h2-8H,9H2,1H3. The Bertz CT molecular complexity index is 839. The summed E-state index contributed by atoms with van der Waals surface area (Å²) in [4.78, 5) is 29.3. The molecule has 1 aromatic carbocycles. The molecule has 0 radical (unpaired) electrons. The summed E-state index contributed by atoms with van der Waals surface area (Å²) in [5, 5.41) is 5.43. The lowest BCUT2D eigenvalue weighted by Gasteiger charge is -2.07. The SMILES string of the molecule is Cc1noc(COC(=O)c2ccccc2C(=O)c2cccs2)n1. The second kappa shape index (κ2) is 6.53. The van der Waals surface area contributed by atoms with E-state index >= 15 is 0 Å². The molecule has 7 heteroatoms. The average Bonchev–Trinajstić information content (AvgIpc) is 3.23. The molecule has 0 N–H and O–H groups in total. The fraction of sp³-hybridized carbons (Fsp3) is 0.125. The number of hydrogen-bond donors (Lipinski definition) is 0. The van der Waals surface area contributed by atoms with Gasteiger partial charge in [-0.2, -0.15) is 4.98 Å². The van der Waals surface area contributed by atoms with Gasteiger partial charge in [0.2, 0.25) is 5.78 Å². The first kappa shape index (κ1) is 15.1. The molecule has 0 saturated heterocycles. The van der Waals surface area contributed by atoms with Gasteiger partial charge in [0, 0.05) is 5.56 Å². The van der Waals surface area contributed by atoms with Crippen molar-refractivity contribution in [1.82, 2.24) is 10.1 Å². The Morgan fingerprint density at radius 1 is 1.17 bits per heavy atom. The minimum Gasteiger partial charge on any atom is -0.452 e. The summed E-state index contributed by atoms with van der Waals surface area (Å²) >= 11 is 1.32. The Labute approximate surface area is 135 Å². The summed E-state index contributed by atoms with van der Waals surface area (Å²) in [6.45, 7) is 1.53. The summed E-state index contributed by atoms with van der Waals surface area (Å²) in [5.41, 5.74) is 0.517. The van der Waals surface area contributed by atoms with Gasteiger partial charge >= 0.3 is 5.97 Å². The van der Waals surface area contributed by atoms with Gasteiger partial charge in [0.25, 0.3) is 5.89 Å². The number of benzene rings is 1. The second-order valence-electron chi connectivity index (χ2n) is 4.66. The lowest BCUT2D eigenvalue weighted by Crippen LogP contribution is -2.12. The summed E-state index contributed by atoms with van der Waals surface area (Å²) < 4.78 is 10.0. The minimum atomic E-state index is -0.610. The van der Waals surface area contributed by atoms with Gasteiger partial charge in [-0.1, -0.05) is 29.4 Å². The maximum absolute atomic E-state index is 12.5. The molecule has 2 aromatic heterocycles. The van der Waals surface area contributed by atoms with Crippen molar-refractivity contribution in [3.63, 3.8) is 0 Å². The number of hydrogen-bond acceptors (Lipinski definition) is 7. The van der Waals surface area contributed by atoms with Gasteiger partial charge in [-0.05, 0) is 24.4 Å². The van der Waals surface area contributed by atoms with Gasteiger partial charge in [-0.3, -0.25) is 4.79 Å². The van der Waals surface area contributed by atoms with Crippen LogP contribution in [0.15, 0.2) is 46.3 Å². The highest BCUT2D eigenvalue weighted by Crippen LogP contribution is 2.19. The van der Waals surface area contributed by atoms with E-state index in [2.05, 4.69) is 10.1 Å². The average molecular weight is 328 g/mol. The predicted octanol–water partition coefficient (Wildman–Crippen LogP) is 3.03.